The molecule has 0 saturated carbocycles. The summed E-state index contributed by atoms with van der Waals surface area (Å²) in [6.45, 7) is 2.34. The number of carbonyl (C=O) groups excluding carboxylic acids is 1. The van der Waals surface area contributed by atoms with Crippen LogP contribution in [0.5, 0.6) is 23.0 Å². The number of benzene rings is 2. The fraction of sp³-hybridized carbons (Fsp3) is 0.222. The molecule has 2 N–H and O–H groups in total. The Kier molecular flexibility index (Phi) is 5.62. The van der Waals surface area contributed by atoms with Crippen LogP contribution in [-0.4, -0.2) is 36.5 Å². The standard InChI is InChI=1S/C18H17BrN2O5/c1-2-24-15-8-11(7-12(19)17(15)22)9-20-21-18(23)16-10-25-13-5-3-4-6-14(13)26-16/h3-9,16,22H,2,10H2,1H3,(H,21,23)/b20-9-/t16-/m0/s1. The number of amides is 1. The smallest absolute Gasteiger partial charge is 0.284 e. The molecule has 0 unspecified atom stereocenters. The van der Waals surface area contributed by atoms with E-state index < -0.39 is 12.0 Å². The number of nitrogens with one attached hydrogen (secondary N) is 1. The van der Waals surface area contributed by atoms with Crippen molar-refractivity contribution in [3.05, 3.63) is 46.4 Å². The SMILES string of the molecule is CCOc1cc(/C=N\NC(=O)[C@@H]2COc3ccccc3O2)cc(Br)c1O. The number of nitrogens with zero attached hydrogens (tertiary/aromatic N) is 1. The van der Waals surface area contributed by atoms with Crippen molar-refractivity contribution in [1.82, 2.24) is 5.43 Å². The van der Waals surface area contributed by atoms with E-state index in [-0.39, 0.29) is 12.4 Å². The lowest BCUT2D eigenvalue weighted by Gasteiger charge is -2.24. The van der Waals surface area contributed by atoms with Crippen LogP contribution in [0.3, 0.4) is 0 Å². The highest BCUT2D eigenvalue weighted by atomic mass is 79.9. The molecule has 1 amide bonds. The summed E-state index contributed by atoms with van der Waals surface area (Å²) >= 11 is 3.25. The van der Waals surface area contributed by atoms with Crippen molar-refractivity contribution in [3.63, 3.8) is 0 Å². The van der Waals surface area contributed by atoms with Crippen molar-refractivity contribution in [1.29, 1.82) is 0 Å². The lowest BCUT2D eigenvalue weighted by molar-refractivity contribution is -0.130. The van der Waals surface area contributed by atoms with Crippen LogP contribution in [0.2, 0.25) is 0 Å². The molecule has 0 aliphatic carbocycles. The molecule has 2 aromatic carbocycles. The number of hydrogen-bond acceptors (Lipinski definition) is 6. The van der Waals surface area contributed by atoms with E-state index in [9.17, 15) is 9.90 Å². The Bertz CT molecular complexity index is 840. The molecule has 2 aromatic rings. The Morgan fingerprint density at radius 1 is 1.42 bits per heavy atom. The van der Waals surface area contributed by atoms with Crippen LogP contribution in [0.15, 0.2) is 46.0 Å². The Morgan fingerprint density at radius 2 is 2.19 bits per heavy atom. The van der Waals surface area contributed by atoms with Gasteiger partial charge in [-0.2, -0.15) is 5.10 Å². The van der Waals surface area contributed by atoms with Gasteiger partial charge < -0.3 is 19.3 Å². The number of phenolic OH excluding ortho intramolecular Hbond substituents is 1. The Balaban J connectivity index is 1.63. The molecule has 0 radical (unpaired) electrons. The predicted molar refractivity (Wildman–Crippen MR) is 99.1 cm³/mol. The highest BCUT2D eigenvalue weighted by Crippen LogP contribution is 2.35. The van der Waals surface area contributed by atoms with E-state index in [0.717, 1.165) is 0 Å². The normalized spacial score (nSPS) is 15.7. The number of phenols is 1. The number of ether oxygens (including phenoxy) is 3. The average Bonchev–Trinajstić information content (AvgIpc) is 2.65. The molecule has 0 aromatic heterocycles. The molecule has 3 rings (SSSR count). The minimum Gasteiger partial charge on any atom is -0.503 e. The maximum atomic E-state index is 12.2. The molecule has 0 saturated heterocycles. The van der Waals surface area contributed by atoms with E-state index in [0.29, 0.717) is 33.9 Å². The molecular formula is C18H17BrN2O5. The summed E-state index contributed by atoms with van der Waals surface area (Å²) in [6, 6.07) is 10.4. The fourth-order valence-corrected chi connectivity index (χ4v) is 2.78. The highest BCUT2D eigenvalue weighted by Gasteiger charge is 2.26. The third kappa shape index (κ3) is 4.08. The molecule has 0 spiro atoms. The fourth-order valence-electron chi connectivity index (χ4n) is 2.33. The lowest BCUT2D eigenvalue weighted by atomic mass is 10.2. The number of fused-ring (bicyclic) bond motifs is 1. The van der Waals surface area contributed by atoms with Crippen molar-refractivity contribution in [3.8, 4) is 23.0 Å². The second-order valence-electron chi connectivity index (χ2n) is 5.38. The number of hydrazone groups is 1. The number of carbonyl (C=O) groups is 1. The zero-order valence-electron chi connectivity index (χ0n) is 13.9. The molecule has 0 bridgehead atoms. The maximum absolute atomic E-state index is 12.2. The van der Waals surface area contributed by atoms with Gasteiger partial charge in [-0.15, -0.1) is 0 Å². The van der Waals surface area contributed by atoms with Gasteiger partial charge in [-0.3, -0.25) is 4.79 Å². The van der Waals surface area contributed by atoms with Gasteiger partial charge in [-0.1, -0.05) is 12.1 Å². The number of aromatic hydroxyl groups is 1. The van der Waals surface area contributed by atoms with Gasteiger partial charge >= 0.3 is 0 Å². The van der Waals surface area contributed by atoms with E-state index in [1.807, 2.05) is 13.0 Å². The van der Waals surface area contributed by atoms with Gasteiger partial charge in [0.25, 0.3) is 5.91 Å². The highest BCUT2D eigenvalue weighted by molar-refractivity contribution is 9.10. The summed E-state index contributed by atoms with van der Waals surface area (Å²) in [5.41, 5.74) is 3.07. The van der Waals surface area contributed by atoms with Gasteiger partial charge in [0.1, 0.15) is 6.61 Å². The summed E-state index contributed by atoms with van der Waals surface area (Å²) < 4.78 is 16.9. The summed E-state index contributed by atoms with van der Waals surface area (Å²) in [5, 5.41) is 13.8. The molecule has 8 heteroatoms. The van der Waals surface area contributed by atoms with Crippen LogP contribution < -0.4 is 19.6 Å². The molecule has 7 nitrogen and oxygen atoms in total. The summed E-state index contributed by atoms with van der Waals surface area (Å²) in [4.78, 5) is 12.2. The molecule has 1 heterocycles. The molecule has 1 aliphatic heterocycles. The van der Waals surface area contributed by atoms with Gasteiger partial charge in [0.05, 0.1) is 17.3 Å². The van der Waals surface area contributed by atoms with Crippen LogP contribution in [-0.2, 0) is 4.79 Å². The second kappa shape index (κ2) is 8.09. The van der Waals surface area contributed by atoms with Crippen LogP contribution in [0.1, 0.15) is 12.5 Å². The van der Waals surface area contributed by atoms with Crippen molar-refractivity contribution in [2.45, 2.75) is 13.0 Å². The van der Waals surface area contributed by atoms with Crippen molar-refractivity contribution in [2.24, 2.45) is 5.10 Å². The molecule has 1 atom stereocenters. The molecule has 26 heavy (non-hydrogen) atoms. The third-order valence-corrected chi connectivity index (χ3v) is 4.14. The van der Waals surface area contributed by atoms with Crippen LogP contribution in [0.25, 0.3) is 0 Å². The number of hydrogen-bond donors (Lipinski definition) is 2. The molecule has 0 fully saturated rings. The first-order valence-corrected chi connectivity index (χ1v) is 8.74. The lowest BCUT2D eigenvalue weighted by Crippen LogP contribution is -2.42. The van der Waals surface area contributed by atoms with E-state index in [4.69, 9.17) is 14.2 Å². The Hall–Kier alpha value is -2.74. The van der Waals surface area contributed by atoms with Crippen LogP contribution in [0, 0.1) is 0 Å². The monoisotopic (exact) mass is 420 g/mol. The minimum atomic E-state index is -0.785. The quantitative estimate of drug-likeness (QED) is 0.573. The summed E-state index contributed by atoms with van der Waals surface area (Å²) in [6.07, 6.45) is 0.662. The first-order chi connectivity index (χ1) is 12.6. The second-order valence-corrected chi connectivity index (χ2v) is 6.24. The van der Waals surface area contributed by atoms with Gasteiger partial charge in [0, 0.05) is 0 Å². The van der Waals surface area contributed by atoms with Crippen molar-refractivity contribution >= 4 is 28.1 Å². The predicted octanol–water partition coefficient (Wildman–Crippen LogP) is 2.84. The summed E-state index contributed by atoms with van der Waals surface area (Å²) in [7, 11) is 0. The maximum Gasteiger partial charge on any atom is 0.284 e. The largest absolute Gasteiger partial charge is 0.503 e. The third-order valence-electron chi connectivity index (χ3n) is 3.54. The zero-order chi connectivity index (χ0) is 18.5. The van der Waals surface area contributed by atoms with Gasteiger partial charge in [0.15, 0.2) is 23.0 Å². The minimum absolute atomic E-state index is 0.0134. The Labute approximate surface area is 158 Å². The Morgan fingerprint density at radius 3 is 2.96 bits per heavy atom. The van der Waals surface area contributed by atoms with E-state index in [1.54, 1.807) is 30.3 Å². The number of rotatable bonds is 5. The van der Waals surface area contributed by atoms with E-state index >= 15 is 0 Å². The van der Waals surface area contributed by atoms with Gasteiger partial charge in [-0.25, -0.2) is 5.43 Å². The molecule has 1 aliphatic rings. The summed E-state index contributed by atoms with van der Waals surface area (Å²) in [5.74, 6) is 1.05. The van der Waals surface area contributed by atoms with Crippen LogP contribution in [0.4, 0.5) is 0 Å². The number of halogens is 1. The van der Waals surface area contributed by atoms with Gasteiger partial charge in [-0.05, 0) is 52.7 Å². The van der Waals surface area contributed by atoms with Crippen molar-refractivity contribution in [2.75, 3.05) is 13.2 Å². The zero-order valence-corrected chi connectivity index (χ0v) is 15.5. The van der Waals surface area contributed by atoms with E-state index in [1.165, 1.54) is 6.21 Å². The van der Waals surface area contributed by atoms with E-state index in [2.05, 4.69) is 26.5 Å². The van der Waals surface area contributed by atoms with Gasteiger partial charge in [0.2, 0.25) is 6.10 Å². The molecular weight excluding hydrogens is 404 g/mol. The first-order valence-electron chi connectivity index (χ1n) is 7.95. The van der Waals surface area contributed by atoms with Crippen molar-refractivity contribution < 1.29 is 24.1 Å². The first kappa shape index (κ1) is 18.1. The molecule has 136 valence electrons. The number of para-hydroxylation sites is 2. The van der Waals surface area contributed by atoms with Crippen LogP contribution >= 0.6 is 15.9 Å². The average molecular weight is 421 g/mol. The topological polar surface area (TPSA) is 89.4 Å².